The number of thiocarbonyl (C=S) groups is 1. The summed E-state index contributed by atoms with van der Waals surface area (Å²) in [7, 11) is 0. The standard InChI is InChI=1S/C13H20N4OS/c1-9(2)7-14-13(19)17-6-4-5-11(8-17)12-15-10(3)16-18-12/h11H,1,4-8H2,2-3H3,(H,14,19). The summed E-state index contributed by atoms with van der Waals surface area (Å²) >= 11 is 5.41. The molecule has 0 spiro atoms. The maximum atomic E-state index is 5.41. The van der Waals surface area contributed by atoms with E-state index in [1.807, 2.05) is 13.8 Å². The molecule has 5 nitrogen and oxygen atoms in total. The van der Waals surface area contributed by atoms with Crippen molar-refractivity contribution in [3.63, 3.8) is 0 Å². The monoisotopic (exact) mass is 280 g/mol. The van der Waals surface area contributed by atoms with Crippen LogP contribution >= 0.6 is 12.2 Å². The summed E-state index contributed by atoms with van der Waals surface area (Å²) < 4.78 is 5.26. The van der Waals surface area contributed by atoms with Gasteiger partial charge in [0.25, 0.3) is 0 Å². The van der Waals surface area contributed by atoms with Gasteiger partial charge in [-0.1, -0.05) is 17.3 Å². The van der Waals surface area contributed by atoms with Crippen molar-refractivity contribution in [2.75, 3.05) is 19.6 Å². The van der Waals surface area contributed by atoms with Gasteiger partial charge in [-0.05, 0) is 38.9 Å². The minimum atomic E-state index is 0.277. The van der Waals surface area contributed by atoms with Crippen LogP contribution in [0.3, 0.4) is 0 Å². The van der Waals surface area contributed by atoms with Gasteiger partial charge in [0.1, 0.15) is 0 Å². The first-order valence-electron chi connectivity index (χ1n) is 6.53. The highest BCUT2D eigenvalue weighted by Gasteiger charge is 2.26. The number of hydrogen-bond acceptors (Lipinski definition) is 4. The summed E-state index contributed by atoms with van der Waals surface area (Å²) in [6.07, 6.45) is 2.15. The molecule has 1 N–H and O–H groups in total. The first-order valence-corrected chi connectivity index (χ1v) is 6.94. The second kappa shape index (κ2) is 6.14. The average molecular weight is 280 g/mol. The van der Waals surface area contributed by atoms with Crippen molar-refractivity contribution < 1.29 is 4.52 Å². The van der Waals surface area contributed by atoms with Gasteiger partial charge in [-0.2, -0.15) is 4.98 Å². The molecule has 2 rings (SSSR count). The van der Waals surface area contributed by atoms with Crippen LogP contribution in [-0.2, 0) is 0 Å². The Bertz CT molecular complexity index is 471. The van der Waals surface area contributed by atoms with E-state index in [4.69, 9.17) is 16.7 Å². The van der Waals surface area contributed by atoms with Crippen LogP contribution in [0.15, 0.2) is 16.7 Å². The molecule has 0 aromatic carbocycles. The molecule has 0 bridgehead atoms. The summed E-state index contributed by atoms with van der Waals surface area (Å²) in [5.74, 6) is 1.69. The van der Waals surface area contributed by atoms with E-state index in [2.05, 4.69) is 26.9 Å². The molecule has 0 aliphatic carbocycles. The van der Waals surface area contributed by atoms with Gasteiger partial charge in [0.15, 0.2) is 10.9 Å². The van der Waals surface area contributed by atoms with Crippen molar-refractivity contribution in [2.45, 2.75) is 32.6 Å². The largest absolute Gasteiger partial charge is 0.359 e. The van der Waals surface area contributed by atoms with E-state index in [9.17, 15) is 0 Å². The van der Waals surface area contributed by atoms with Gasteiger partial charge in [-0.3, -0.25) is 0 Å². The molecule has 0 amide bonds. The van der Waals surface area contributed by atoms with Gasteiger partial charge < -0.3 is 14.7 Å². The average Bonchev–Trinajstić information content (AvgIpc) is 2.83. The second-order valence-corrected chi connectivity index (χ2v) is 5.47. The molecule has 1 aromatic rings. The summed E-state index contributed by atoms with van der Waals surface area (Å²) in [5.41, 5.74) is 1.07. The number of nitrogens with one attached hydrogen (secondary N) is 1. The number of hydrogen-bond donors (Lipinski definition) is 1. The van der Waals surface area contributed by atoms with E-state index in [1.54, 1.807) is 0 Å². The zero-order valence-corrected chi connectivity index (χ0v) is 12.3. The predicted octanol–water partition coefficient (Wildman–Crippen LogP) is 2.01. The van der Waals surface area contributed by atoms with Crippen LogP contribution in [0.5, 0.6) is 0 Å². The van der Waals surface area contributed by atoms with E-state index in [0.29, 0.717) is 5.82 Å². The van der Waals surface area contributed by atoms with Gasteiger partial charge in [-0.25, -0.2) is 0 Å². The third-order valence-corrected chi connectivity index (χ3v) is 3.55. The smallest absolute Gasteiger partial charge is 0.231 e. The molecule has 1 aliphatic rings. The number of piperidine rings is 1. The molecule has 19 heavy (non-hydrogen) atoms. The molecule has 0 radical (unpaired) electrons. The Labute approximate surface area is 119 Å². The van der Waals surface area contributed by atoms with Gasteiger partial charge in [-0.15, -0.1) is 0 Å². The highest BCUT2D eigenvalue weighted by atomic mass is 32.1. The minimum absolute atomic E-state index is 0.277. The fourth-order valence-corrected chi connectivity index (χ4v) is 2.42. The molecule has 1 aromatic heterocycles. The third kappa shape index (κ3) is 3.76. The molecule has 0 saturated carbocycles. The molecule has 1 fully saturated rings. The van der Waals surface area contributed by atoms with Gasteiger partial charge >= 0.3 is 0 Å². The molecular formula is C13H20N4OS. The van der Waals surface area contributed by atoms with E-state index < -0.39 is 0 Å². The Morgan fingerprint density at radius 1 is 1.63 bits per heavy atom. The Balaban J connectivity index is 1.93. The second-order valence-electron chi connectivity index (χ2n) is 5.08. The van der Waals surface area contributed by atoms with Crippen LogP contribution in [0.4, 0.5) is 0 Å². The Morgan fingerprint density at radius 3 is 3.05 bits per heavy atom. The Hall–Kier alpha value is -1.43. The van der Waals surface area contributed by atoms with Gasteiger partial charge in [0.05, 0.1) is 5.92 Å². The molecular weight excluding hydrogens is 260 g/mol. The van der Waals surface area contributed by atoms with Crippen molar-refractivity contribution >= 4 is 17.3 Å². The van der Waals surface area contributed by atoms with Crippen molar-refractivity contribution in [2.24, 2.45) is 0 Å². The third-order valence-electron chi connectivity index (χ3n) is 3.14. The van der Waals surface area contributed by atoms with Crippen molar-refractivity contribution in [1.82, 2.24) is 20.4 Å². The lowest BCUT2D eigenvalue weighted by molar-refractivity contribution is 0.257. The topological polar surface area (TPSA) is 54.2 Å². The van der Waals surface area contributed by atoms with Crippen LogP contribution in [0.25, 0.3) is 0 Å². The summed E-state index contributed by atoms with van der Waals surface area (Å²) in [5, 5.41) is 7.86. The maximum absolute atomic E-state index is 5.41. The number of aromatic nitrogens is 2. The molecule has 1 aliphatic heterocycles. The predicted molar refractivity (Wildman–Crippen MR) is 78.0 cm³/mol. The molecule has 1 unspecified atom stereocenters. The van der Waals surface area contributed by atoms with Crippen molar-refractivity contribution in [3.05, 3.63) is 23.9 Å². The maximum Gasteiger partial charge on any atom is 0.231 e. The minimum Gasteiger partial charge on any atom is -0.359 e. The number of nitrogens with zero attached hydrogens (tertiary/aromatic N) is 3. The molecule has 6 heteroatoms. The SMILES string of the molecule is C=C(C)CNC(=S)N1CCCC(c2nc(C)no2)C1. The Kier molecular flexibility index (Phi) is 4.52. The molecule has 1 saturated heterocycles. The van der Waals surface area contributed by atoms with Crippen LogP contribution < -0.4 is 5.32 Å². The summed E-state index contributed by atoms with van der Waals surface area (Å²) in [4.78, 5) is 6.49. The van der Waals surface area contributed by atoms with E-state index in [1.165, 1.54) is 0 Å². The molecule has 1 atom stereocenters. The lowest BCUT2D eigenvalue weighted by Gasteiger charge is -2.33. The summed E-state index contributed by atoms with van der Waals surface area (Å²) in [6.45, 7) is 10.2. The van der Waals surface area contributed by atoms with Crippen LogP contribution in [0.2, 0.25) is 0 Å². The van der Waals surface area contributed by atoms with Gasteiger partial charge in [0, 0.05) is 19.6 Å². The summed E-state index contributed by atoms with van der Waals surface area (Å²) in [6, 6.07) is 0. The van der Waals surface area contributed by atoms with E-state index >= 15 is 0 Å². The highest BCUT2D eigenvalue weighted by molar-refractivity contribution is 7.80. The van der Waals surface area contributed by atoms with E-state index in [0.717, 1.165) is 49.1 Å². The zero-order chi connectivity index (χ0) is 13.8. The van der Waals surface area contributed by atoms with Crippen molar-refractivity contribution in [3.8, 4) is 0 Å². The number of rotatable bonds is 3. The fraction of sp³-hybridized carbons (Fsp3) is 0.615. The molecule has 2 heterocycles. The zero-order valence-electron chi connectivity index (χ0n) is 11.5. The highest BCUT2D eigenvalue weighted by Crippen LogP contribution is 2.25. The lowest BCUT2D eigenvalue weighted by Crippen LogP contribution is -2.45. The fourth-order valence-electron chi connectivity index (χ4n) is 2.18. The first kappa shape index (κ1) is 14.0. The number of aryl methyl sites for hydroxylation is 1. The molecule has 104 valence electrons. The number of likely N-dealkylation sites (tertiary alicyclic amines) is 1. The van der Waals surface area contributed by atoms with Gasteiger partial charge in [0.2, 0.25) is 5.89 Å². The first-order chi connectivity index (χ1) is 9.06. The normalized spacial score (nSPS) is 19.3. The van der Waals surface area contributed by atoms with Crippen LogP contribution in [0.1, 0.15) is 37.4 Å². The van der Waals surface area contributed by atoms with Crippen molar-refractivity contribution in [1.29, 1.82) is 0 Å². The quantitative estimate of drug-likeness (QED) is 0.675. The lowest BCUT2D eigenvalue weighted by atomic mass is 9.98. The van der Waals surface area contributed by atoms with Crippen LogP contribution in [-0.4, -0.2) is 39.8 Å². The van der Waals surface area contributed by atoms with E-state index in [-0.39, 0.29) is 5.92 Å². The van der Waals surface area contributed by atoms with Crippen LogP contribution in [0, 0.1) is 6.92 Å². The Morgan fingerprint density at radius 2 is 2.42 bits per heavy atom.